The van der Waals surface area contributed by atoms with E-state index in [1.54, 1.807) is 36.5 Å². The number of benzene rings is 2. The van der Waals surface area contributed by atoms with Gasteiger partial charge in [-0.05, 0) is 62.1 Å². The molecule has 2 amide bonds. The van der Waals surface area contributed by atoms with Crippen molar-refractivity contribution in [2.24, 2.45) is 0 Å². The Bertz CT molecular complexity index is 1240. The Morgan fingerprint density at radius 2 is 1.58 bits per heavy atom. The summed E-state index contributed by atoms with van der Waals surface area (Å²) in [5.74, 6) is 1.09. The Morgan fingerprint density at radius 3 is 2.19 bits per heavy atom. The summed E-state index contributed by atoms with van der Waals surface area (Å²) in [5, 5.41) is 8.77. The van der Waals surface area contributed by atoms with E-state index in [2.05, 4.69) is 25.9 Å². The second-order valence-corrected chi connectivity index (χ2v) is 10.6. The number of halogens is 1. The van der Waals surface area contributed by atoms with E-state index in [9.17, 15) is 13.2 Å². The van der Waals surface area contributed by atoms with Gasteiger partial charge in [0.25, 0.3) is 0 Å². The molecule has 0 saturated heterocycles. The Labute approximate surface area is 218 Å². The van der Waals surface area contributed by atoms with Crippen molar-refractivity contribution in [2.45, 2.75) is 5.75 Å². The van der Waals surface area contributed by atoms with E-state index in [0.717, 1.165) is 23.5 Å². The van der Waals surface area contributed by atoms with Gasteiger partial charge in [0.05, 0.1) is 5.75 Å². The predicted molar refractivity (Wildman–Crippen MR) is 140 cm³/mol. The van der Waals surface area contributed by atoms with E-state index >= 15 is 0 Å². The molecule has 3 N–H and O–H groups in total. The number of carbonyl (C=O) groups is 1. The number of anilines is 5. The molecule has 0 atom stereocenters. The highest BCUT2D eigenvalue weighted by molar-refractivity contribution is 7.89. The number of nitrogens with zero attached hydrogens (tertiary/aromatic N) is 4. The highest BCUT2D eigenvalue weighted by atomic mass is 35.5. The normalized spacial score (nSPS) is 10.9. The first-order valence-electron chi connectivity index (χ1n) is 11.0. The summed E-state index contributed by atoms with van der Waals surface area (Å²) < 4.78 is 22.9. The molecule has 0 aliphatic rings. The maximum absolute atomic E-state index is 12.0. The van der Waals surface area contributed by atoms with Crippen molar-refractivity contribution in [1.82, 2.24) is 20.2 Å². The number of carbonyl (C=O) groups excluding carboxylic acids is 1. The lowest BCUT2D eigenvalue weighted by Crippen LogP contribution is -3.00. The number of amides is 2. The standard InChI is InChI=1S/C24H31N7O3S.ClH/c1-30(2)16-15-26-24(32)28-20-9-11-21(12-10-20)31(3)22-13-14-25-23(29-22)27-19-7-5-18(6-8-19)17-35(4,33)34;/h5-14H,15-17H2,1-4H3,(H,25,27,29)(H2,26,28,32);1H/p-1. The summed E-state index contributed by atoms with van der Waals surface area (Å²) >= 11 is 0. The smallest absolute Gasteiger partial charge is 0.319 e. The second-order valence-electron chi connectivity index (χ2n) is 8.42. The van der Waals surface area contributed by atoms with Crippen molar-refractivity contribution >= 4 is 44.7 Å². The largest absolute Gasteiger partial charge is 1.00 e. The summed E-state index contributed by atoms with van der Waals surface area (Å²) in [6.07, 6.45) is 2.87. The van der Waals surface area contributed by atoms with E-state index in [1.165, 1.54) is 6.26 Å². The molecule has 0 saturated carbocycles. The Hall–Kier alpha value is -3.41. The fourth-order valence-corrected chi connectivity index (χ4v) is 3.98. The Balaban J connectivity index is 0.00000456. The third-order valence-corrected chi connectivity index (χ3v) is 5.84. The molecular formula is C24H31ClN7O3S-. The quantitative estimate of drug-likeness (QED) is 0.339. The molecular weight excluding hydrogens is 502 g/mol. The van der Waals surface area contributed by atoms with Crippen molar-refractivity contribution in [2.75, 3.05) is 56.0 Å². The number of nitrogens with one attached hydrogen (secondary N) is 3. The molecule has 1 heterocycles. The highest BCUT2D eigenvalue weighted by Gasteiger charge is 2.09. The molecule has 0 aliphatic carbocycles. The van der Waals surface area contributed by atoms with Crippen molar-refractivity contribution in [1.29, 1.82) is 0 Å². The molecule has 0 fully saturated rings. The highest BCUT2D eigenvalue weighted by Crippen LogP contribution is 2.24. The number of urea groups is 1. The van der Waals surface area contributed by atoms with Crippen LogP contribution in [0, 0.1) is 0 Å². The van der Waals surface area contributed by atoms with Gasteiger partial charge in [0, 0.05) is 49.7 Å². The van der Waals surface area contributed by atoms with Crippen LogP contribution in [-0.2, 0) is 15.6 Å². The van der Waals surface area contributed by atoms with Gasteiger partial charge in [0.15, 0.2) is 9.84 Å². The molecule has 0 unspecified atom stereocenters. The van der Waals surface area contributed by atoms with Gasteiger partial charge in [-0.15, -0.1) is 0 Å². The predicted octanol–water partition coefficient (Wildman–Crippen LogP) is 0.220. The van der Waals surface area contributed by atoms with Gasteiger partial charge in [-0.1, -0.05) is 12.1 Å². The molecule has 2 aromatic carbocycles. The molecule has 0 spiro atoms. The van der Waals surface area contributed by atoms with Gasteiger partial charge in [-0.3, -0.25) is 0 Å². The minimum Gasteiger partial charge on any atom is -1.00 e. The number of sulfone groups is 1. The zero-order valence-electron chi connectivity index (χ0n) is 20.7. The topological polar surface area (TPSA) is 120 Å². The van der Waals surface area contributed by atoms with E-state index in [1.807, 2.05) is 55.2 Å². The maximum atomic E-state index is 12.0. The van der Waals surface area contributed by atoms with Crippen LogP contribution in [0.2, 0.25) is 0 Å². The van der Waals surface area contributed by atoms with E-state index in [-0.39, 0.29) is 24.2 Å². The SMILES string of the molecule is CN(C)CCNC(=O)Nc1ccc(N(C)c2ccnc(Nc3ccc(CS(C)(=O)=O)cc3)n2)cc1.[Cl-]. The summed E-state index contributed by atoms with van der Waals surface area (Å²) in [7, 11) is 2.71. The summed E-state index contributed by atoms with van der Waals surface area (Å²) in [5.41, 5.74) is 3.05. The Morgan fingerprint density at radius 1 is 0.944 bits per heavy atom. The van der Waals surface area contributed by atoms with E-state index < -0.39 is 9.84 Å². The van der Waals surface area contributed by atoms with E-state index in [4.69, 9.17) is 0 Å². The molecule has 194 valence electrons. The van der Waals surface area contributed by atoms with Crippen LogP contribution in [0.25, 0.3) is 0 Å². The fourth-order valence-electron chi connectivity index (χ4n) is 3.18. The first-order valence-corrected chi connectivity index (χ1v) is 13.1. The van der Waals surface area contributed by atoms with Gasteiger partial charge in [0.1, 0.15) is 5.82 Å². The summed E-state index contributed by atoms with van der Waals surface area (Å²) in [4.78, 5) is 24.7. The lowest BCUT2D eigenvalue weighted by molar-refractivity contribution is -0.0000131. The van der Waals surface area contributed by atoms with Gasteiger partial charge >= 0.3 is 6.03 Å². The average Bonchev–Trinajstić information content (AvgIpc) is 2.79. The van der Waals surface area contributed by atoms with E-state index in [0.29, 0.717) is 24.0 Å². The number of aromatic nitrogens is 2. The van der Waals surface area contributed by atoms with Crippen molar-refractivity contribution in [3.05, 3.63) is 66.4 Å². The van der Waals surface area contributed by atoms with Crippen molar-refractivity contribution in [3.63, 3.8) is 0 Å². The minimum atomic E-state index is -3.08. The molecule has 0 bridgehead atoms. The van der Waals surface area contributed by atoms with Crippen molar-refractivity contribution < 1.29 is 25.6 Å². The van der Waals surface area contributed by atoms with Crippen molar-refractivity contribution in [3.8, 4) is 0 Å². The molecule has 3 rings (SSSR count). The van der Waals surface area contributed by atoms with Crippen LogP contribution < -0.4 is 33.3 Å². The van der Waals surface area contributed by atoms with Gasteiger partial charge in [-0.2, -0.15) is 4.98 Å². The van der Waals surface area contributed by atoms with Crippen LogP contribution >= 0.6 is 0 Å². The zero-order chi connectivity index (χ0) is 25.4. The van der Waals surface area contributed by atoms with Crippen LogP contribution in [0.3, 0.4) is 0 Å². The first kappa shape index (κ1) is 28.8. The summed E-state index contributed by atoms with van der Waals surface area (Å²) in [6.45, 7) is 1.33. The Kier molecular flexibility index (Phi) is 10.5. The molecule has 0 radical (unpaired) electrons. The third kappa shape index (κ3) is 9.33. The molecule has 1 aromatic heterocycles. The number of hydrogen-bond acceptors (Lipinski definition) is 8. The molecule has 10 nitrogen and oxygen atoms in total. The lowest BCUT2D eigenvalue weighted by Gasteiger charge is -2.19. The third-order valence-electron chi connectivity index (χ3n) is 4.98. The fraction of sp³-hybridized carbons (Fsp3) is 0.292. The van der Waals surface area contributed by atoms with Gasteiger partial charge in [-0.25, -0.2) is 18.2 Å². The minimum absolute atomic E-state index is 0. The first-order chi connectivity index (χ1) is 16.6. The number of likely N-dealkylation sites (N-methyl/N-ethyl adjacent to an activating group) is 1. The zero-order valence-corrected chi connectivity index (χ0v) is 22.3. The van der Waals surface area contributed by atoms with Crippen LogP contribution in [0.15, 0.2) is 60.8 Å². The van der Waals surface area contributed by atoms with Gasteiger partial charge < -0.3 is 38.2 Å². The lowest BCUT2D eigenvalue weighted by atomic mass is 10.2. The van der Waals surface area contributed by atoms with Crippen LogP contribution in [0.1, 0.15) is 5.56 Å². The van der Waals surface area contributed by atoms with Gasteiger partial charge in [0.2, 0.25) is 5.95 Å². The second kappa shape index (κ2) is 13.1. The average molecular weight is 533 g/mol. The monoisotopic (exact) mass is 532 g/mol. The molecule has 0 aliphatic heterocycles. The molecule has 12 heteroatoms. The van der Waals surface area contributed by atoms with Crippen LogP contribution in [0.5, 0.6) is 0 Å². The maximum Gasteiger partial charge on any atom is 0.319 e. The van der Waals surface area contributed by atoms with Crippen LogP contribution in [0.4, 0.5) is 33.6 Å². The summed E-state index contributed by atoms with van der Waals surface area (Å²) in [6, 6.07) is 16.1. The molecule has 3 aromatic rings. The number of rotatable bonds is 10. The molecule has 36 heavy (non-hydrogen) atoms. The number of hydrogen-bond donors (Lipinski definition) is 3. The van der Waals surface area contributed by atoms with Crippen LogP contribution in [-0.4, -0.2) is 69.8 Å².